The first kappa shape index (κ1) is 15.0. The number of halogens is 1. The molecule has 0 radical (unpaired) electrons. The van der Waals surface area contributed by atoms with Gasteiger partial charge in [-0.3, -0.25) is 0 Å². The Balaban J connectivity index is 2.61. The maximum atomic E-state index is 5.50. The highest BCUT2D eigenvalue weighted by molar-refractivity contribution is 9.10. The molecule has 0 aliphatic rings. The molecule has 0 bridgehead atoms. The van der Waals surface area contributed by atoms with E-state index in [-0.39, 0.29) is 12.7 Å². The third-order valence-corrected chi connectivity index (χ3v) is 2.98. The molecule has 1 aromatic carbocycles. The summed E-state index contributed by atoms with van der Waals surface area (Å²) in [6.45, 7) is 3.80. The summed E-state index contributed by atoms with van der Waals surface area (Å²) in [7, 11) is 1.70. The van der Waals surface area contributed by atoms with Crippen molar-refractivity contribution >= 4 is 15.9 Å². The molecule has 0 saturated heterocycles. The Morgan fingerprint density at radius 2 is 2.28 bits per heavy atom. The first-order valence-corrected chi connectivity index (χ1v) is 6.55. The average molecular weight is 312 g/mol. The number of hydrogen-bond donors (Lipinski definition) is 1. The molecule has 3 nitrogen and oxygen atoms in total. The highest BCUT2D eigenvalue weighted by Gasteiger charge is 2.05. The van der Waals surface area contributed by atoms with Crippen LogP contribution < -0.4 is 10.1 Å². The molecule has 98 valence electrons. The smallest absolute Gasteiger partial charge is 0.148 e. The predicted molar refractivity (Wildman–Crippen MR) is 76.6 cm³/mol. The van der Waals surface area contributed by atoms with Gasteiger partial charge in [0.25, 0.3) is 0 Å². The maximum Gasteiger partial charge on any atom is 0.148 e. The fraction of sp³-hybridized carbons (Fsp3) is 0.429. The number of ether oxygens (including phenoxy) is 2. The first-order valence-electron chi connectivity index (χ1n) is 5.75. The molecule has 1 unspecified atom stereocenters. The van der Waals surface area contributed by atoms with Crippen molar-refractivity contribution in [3.05, 3.63) is 28.2 Å². The number of benzene rings is 1. The van der Waals surface area contributed by atoms with Crippen molar-refractivity contribution in [1.82, 2.24) is 5.32 Å². The minimum atomic E-state index is 0.187. The molecule has 1 atom stereocenters. The number of nitrogens with one attached hydrogen (secondary N) is 1. The molecule has 0 aliphatic heterocycles. The molecule has 0 heterocycles. The van der Waals surface area contributed by atoms with Gasteiger partial charge >= 0.3 is 0 Å². The van der Waals surface area contributed by atoms with Crippen LogP contribution >= 0.6 is 15.9 Å². The molecule has 0 aromatic heterocycles. The van der Waals surface area contributed by atoms with E-state index in [4.69, 9.17) is 15.9 Å². The van der Waals surface area contributed by atoms with Gasteiger partial charge < -0.3 is 14.8 Å². The summed E-state index contributed by atoms with van der Waals surface area (Å²) in [4.78, 5) is 0. The summed E-state index contributed by atoms with van der Waals surface area (Å²) in [5, 5.41) is 3.32. The van der Waals surface area contributed by atoms with Crippen molar-refractivity contribution < 1.29 is 9.47 Å². The fourth-order valence-corrected chi connectivity index (χ4v) is 1.85. The third-order valence-electron chi connectivity index (χ3n) is 2.48. The topological polar surface area (TPSA) is 30.5 Å². The molecule has 0 saturated carbocycles. The van der Waals surface area contributed by atoms with Crippen LogP contribution in [0.1, 0.15) is 12.5 Å². The number of hydrogen-bond acceptors (Lipinski definition) is 3. The molecule has 0 amide bonds. The zero-order chi connectivity index (χ0) is 13.4. The van der Waals surface area contributed by atoms with Crippen LogP contribution in [-0.2, 0) is 11.3 Å². The van der Waals surface area contributed by atoms with Crippen LogP contribution in [-0.4, -0.2) is 26.4 Å². The van der Waals surface area contributed by atoms with E-state index in [0.29, 0.717) is 6.54 Å². The molecular weight excluding hydrogens is 294 g/mol. The Bertz CT molecular complexity index is 415. The van der Waals surface area contributed by atoms with Gasteiger partial charge in [-0.25, -0.2) is 0 Å². The van der Waals surface area contributed by atoms with E-state index < -0.39 is 0 Å². The second-order valence-corrected chi connectivity index (χ2v) is 4.84. The lowest BCUT2D eigenvalue weighted by Crippen LogP contribution is -2.25. The summed E-state index contributed by atoms with van der Waals surface area (Å²) in [6.07, 6.45) is 5.39. The zero-order valence-corrected chi connectivity index (χ0v) is 12.3. The van der Waals surface area contributed by atoms with Crippen LogP contribution in [0.15, 0.2) is 22.7 Å². The van der Waals surface area contributed by atoms with Gasteiger partial charge in [0.15, 0.2) is 0 Å². The lowest BCUT2D eigenvalue weighted by atomic mass is 10.2. The van der Waals surface area contributed by atoms with Crippen LogP contribution in [0.2, 0.25) is 0 Å². The van der Waals surface area contributed by atoms with E-state index >= 15 is 0 Å². The minimum Gasteiger partial charge on any atom is -0.481 e. The van der Waals surface area contributed by atoms with Gasteiger partial charge in [-0.05, 0) is 25.1 Å². The average Bonchev–Trinajstić information content (AvgIpc) is 2.37. The SMILES string of the molecule is C#CCOc1ccc(Br)cc1CNCC(C)OC. The van der Waals surface area contributed by atoms with Crippen molar-refractivity contribution in [2.24, 2.45) is 0 Å². The fourth-order valence-electron chi connectivity index (χ4n) is 1.44. The second-order valence-electron chi connectivity index (χ2n) is 3.92. The highest BCUT2D eigenvalue weighted by atomic mass is 79.9. The molecule has 1 aromatic rings. The summed E-state index contributed by atoms with van der Waals surface area (Å²) in [6, 6.07) is 5.88. The van der Waals surface area contributed by atoms with E-state index in [1.54, 1.807) is 7.11 Å². The molecule has 0 spiro atoms. The Morgan fingerprint density at radius 3 is 2.94 bits per heavy atom. The van der Waals surface area contributed by atoms with Crippen LogP contribution in [0.3, 0.4) is 0 Å². The predicted octanol–water partition coefficient (Wildman–Crippen LogP) is 2.59. The summed E-state index contributed by atoms with van der Waals surface area (Å²) >= 11 is 3.45. The molecule has 1 N–H and O–H groups in total. The van der Waals surface area contributed by atoms with Crippen LogP contribution in [0.25, 0.3) is 0 Å². The van der Waals surface area contributed by atoms with E-state index in [2.05, 4.69) is 27.2 Å². The third kappa shape index (κ3) is 5.09. The lowest BCUT2D eigenvalue weighted by molar-refractivity contribution is 0.117. The maximum absolute atomic E-state index is 5.50. The van der Waals surface area contributed by atoms with Crippen molar-refractivity contribution in [3.8, 4) is 18.1 Å². The lowest BCUT2D eigenvalue weighted by Gasteiger charge is -2.13. The molecule has 0 aliphatic carbocycles. The molecule has 0 fully saturated rings. The Hall–Kier alpha value is -1.02. The van der Waals surface area contributed by atoms with Gasteiger partial charge in [-0.2, -0.15) is 0 Å². The summed E-state index contributed by atoms with van der Waals surface area (Å²) in [5.74, 6) is 3.28. The summed E-state index contributed by atoms with van der Waals surface area (Å²) < 4.78 is 11.7. The van der Waals surface area contributed by atoms with Gasteiger partial charge in [0.05, 0.1) is 6.10 Å². The van der Waals surface area contributed by atoms with Gasteiger partial charge in [0.2, 0.25) is 0 Å². The monoisotopic (exact) mass is 311 g/mol. The number of terminal acetylenes is 1. The first-order chi connectivity index (χ1) is 8.67. The van der Waals surface area contributed by atoms with Gasteiger partial charge in [-0.1, -0.05) is 21.9 Å². The van der Waals surface area contributed by atoms with Gasteiger partial charge in [0, 0.05) is 30.2 Å². The van der Waals surface area contributed by atoms with Crippen molar-refractivity contribution in [1.29, 1.82) is 0 Å². The molecule has 18 heavy (non-hydrogen) atoms. The van der Waals surface area contributed by atoms with Gasteiger partial charge in [0.1, 0.15) is 12.4 Å². The van der Waals surface area contributed by atoms with Crippen LogP contribution in [0, 0.1) is 12.3 Å². The van der Waals surface area contributed by atoms with Crippen molar-refractivity contribution in [2.45, 2.75) is 19.6 Å². The van der Waals surface area contributed by atoms with Gasteiger partial charge in [-0.15, -0.1) is 6.42 Å². The van der Waals surface area contributed by atoms with E-state index in [0.717, 1.165) is 22.3 Å². The van der Waals surface area contributed by atoms with E-state index in [9.17, 15) is 0 Å². The molecular formula is C14H18BrNO2. The van der Waals surface area contributed by atoms with Crippen LogP contribution in [0.5, 0.6) is 5.75 Å². The normalized spacial score (nSPS) is 11.9. The zero-order valence-electron chi connectivity index (χ0n) is 10.7. The Morgan fingerprint density at radius 1 is 1.50 bits per heavy atom. The summed E-state index contributed by atoms with van der Waals surface area (Å²) in [5.41, 5.74) is 1.07. The second kappa shape index (κ2) is 8.15. The van der Waals surface area contributed by atoms with Crippen molar-refractivity contribution in [2.75, 3.05) is 20.3 Å². The quantitative estimate of drug-likeness (QED) is 0.785. The number of methoxy groups -OCH3 is 1. The minimum absolute atomic E-state index is 0.187. The Kier molecular flexibility index (Phi) is 6.81. The van der Waals surface area contributed by atoms with Crippen molar-refractivity contribution in [3.63, 3.8) is 0 Å². The van der Waals surface area contributed by atoms with E-state index in [1.807, 2.05) is 25.1 Å². The largest absolute Gasteiger partial charge is 0.481 e. The number of rotatable bonds is 7. The van der Waals surface area contributed by atoms with Crippen LogP contribution in [0.4, 0.5) is 0 Å². The molecule has 4 heteroatoms. The highest BCUT2D eigenvalue weighted by Crippen LogP contribution is 2.23. The van der Waals surface area contributed by atoms with E-state index in [1.165, 1.54) is 0 Å². The standard InChI is InChI=1S/C14H18BrNO2/c1-4-7-18-14-6-5-13(15)8-12(14)10-16-9-11(2)17-3/h1,5-6,8,11,16H,7,9-10H2,2-3H3. The molecule has 1 rings (SSSR count). The Labute approximate surface area is 117 Å².